The summed E-state index contributed by atoms with van der Waals surface area (Å²) in [5.41, 5.74) is 1.05. The van der Waals surface area contributed by atoms with Gasteiger partial charge < -0.3 is 14.9 Å². The fourth-order valence-electron chi connectivity index (χ4n) is 1.45. The predicted octanol–water partition coefficient (Wildman–Crippen LogP) is 1.07. The quantitative estimate of drug-likeness (QED) is 0.805. The highest BCUT2D eigenvalue weighted by Gasteiger charge is 2.12. The zero-order valence-electron chi connectivity index (χ0n) is 10.1. The minimum atomic E-state index is -0.363. The normalized spacial score (nSPS) is 9.53. The number of benzene rings is 1. The largest absolute Gasteiger partial charge is 0.384 e. The van der Waals surface area contributed by atoms with Crippen LogP contribution < -0.4 is 5.32 Å². The van der Waals surface area contributed by atoms with Crippen LogP contribution >= 0.6 is 0 Å². The number of rotatable bonds is 3. The Morgan fingerprint density at radius 1 is 1.32 bits per heavy atom. The predicted molar refractivity (Wildman–Crippen MR) is 69.1 cm³/mol. The molecule has 2 aromatic rings. The standard InChI is InChI=1S/C14H12N2O3/c17-9-5-4-8-15-14(18)12-10-13(19-16-12)11-6-2-1-3-7-11/h1-3,6-7,10,17H,8-9H2,(H,15,18). The number of nitrogens with zero attached hydrogens (tertiary/aromatic N) is 1. The molecule has 0 saturated carbocycles. The first-order chi connectivity index (χ1) is 9.31. The SMILES string of the molecule is O=C(NCC#CCO)c1cc(-c2ccccc2)on1. The van der Waals surface area contributed by atoms with E-state index in [1.807, 2.05) is 30.3 Å². The molecule has 2 N–H and O–H groups in total. The third-order valence-electron chi connectivity index (χ3n) is 2.34. The van der Waals surface area contributed by atoms with Crippen LogP contribution in [0.3, 0.4) is 0 Å². The maximum Gasteiger partial charge on any atom is 0.274 e. The Bertz CT molecular complexity index is 608. The lowest BCUT2D eigenvalue weighted by molar-refractivity contribution is 0.0949. The molecule has 0 aliphatic rings. The Morgan fingerprint density at radius 3 is 2.84 bits per heavy atom. The van der Waals surface area contributed by atoms with Gasteiger partial charge in [0.05, 0.1) is 6.54 Å². The van der Waals surface area contributed by atoms with E-state index in [2.05, 4.69) is 22.3 Å². The first-order valence-corrected chi connectivity index (χ1v) is 5.68. The van der Waals surface area contributed by atoms with Gasteiger partial charge in [-0.15, -0.1) is 0 Å². The minimum absolute atomic E-state index is 0.160. The highest BCUT2D eigenvalue weighted by Crippen LogP contribution is 2.19. The van der Waals surface area contributed by atoms with Crippen molar-refractivity contribution in [1.82, 2.24) is 10.5 Å². The molecule has 0 radical (unpaired) electrons. The second-order valence-corrected chi connectivity index (χ2v) is 3.64. The van der Waals surface area contributed by atoms with Crippen molar-refractivity contribution in [3.8, 4) is 23.2 Å². The Morgan fingerprint density at radius 2 is 2.11 bits per heavy atom. The molecule has 0 aliphatic heterocycles. The van der Waals surface area contributed by atoms with E-state index in [-0.39, 0.29) is 24.8 Å². The van der Waals surface area contributed by atoms with Gasteiger partial charge in [-0.05, 0) is 0 Å². The lowest BCUT2D eigenvalue weighted by Crippen LogP contribution is -2.23. The molecule has 1 aromatic carbocycles. The maximum atomic E-state index is 11.7. The molecule has 2 rings (SSSR count). The lowest BCUT2D eigenvalue weighted by Gasteiger charge is -1.94. The van der Waals surface area contributed by atoms with Crippen LogP contribution in [0.25, 0.3) is 11.3 Å². The number of hydrogen-bond donors (Lipinski definition) is 2. The van der Waals surface area contributed by atoms with Gasteiger partial charge in [0.25, 0.3) is 5.91 Å². The molecule has 5 nitrogen and oxygen atoms in total. The summed E-state index contributed by atoms with van der Waals surface area (Å²) in [6.07, 6.45) is 0. The van der Waals surface area contributed by atoms with Crippen molar-refractivity contribution in [3.63, 3.8) is 0 Å². The van der Waals surface area contributed by atoms with Crippen LogP contribution in [0.2, 0.25) is 0 Å². The van der Waals surface area contributed by atoms with Crippen molar-refractivity contribution in [1.29, 1.82) is 0 Å². The number of carbonyl (C=O) groups is 1. The lowest BCUT2D eigenvalue weighted by atomic mass is 10.1. The average Bonchev–Trinajstić information content (AvgIpc) is 2.94. The summed E-state index contributed by atoms with van der Waals surface area (Å²) < 4.78 is 5.11. The highest BCUT2D eigenvalue weighted by molar-refractivity contribution is 5.93. The summed E-state index contributed by atoms with van der Waals surface area (Å²) in [7, 11) is 0. The molecule has 0 atom stereocenters. The third kappa shape index (κ3) is 3.44. The van der Waals surface area contributed by atoms with Crippen molar-refractivity contribution in [2.75, 3.05) is 13.2 Å². The fourth-order valence-corrected chi connectivity index (χ4v) is 1.45. The molecule has 1 heterocycles. The van der Waals surface area contributed by atoms with E-state index < -0.39 is 0 Å². The van der Waals surface area contributed by atoms with Gasteiger partial charge in [0.1, 0.15) is 6.61 Å². The van der Waals surface area contributed by atoms with E-state index in [9.17, 15) is 4.79 Å². The number of aliphatic hydroxyl groups excluding tert-OH is 1. The average molecular weight is 256 g/mol. The monoisotopic (exact) mass is 256 g/mol. The van der Waals surface area contributed by atoms with Gasteiger partial charge in [-0.3, -0.25) is 4.79 Å². The number of aliphatic hydroxyl groups is 1. The van der Waals surface area contributed by atoms with Crippen LogP contribution in [0, 0.1) is 11.8 Å². The summed E-state index contributed by atoms with van der Waals surface area (Å²) >= 11 is 0. The molecule has 96 valence electrons. The van der Waals surface area contributed by atoms with E-state index in [1.165, 1.54) is 0 Å². The topological polar surface area (TPSA) is 75.4 Å². The van der Waals surface area contributed by atoms with E-state index in [4.69, 9.17) is 9.63 Å². The fraction of sp³-hybridized carbons (Fsp3) is 0.143. The molecule has 0 saturated heterocycles. The first-order valence-electron chi connectivity index (χ1n) is 5.68. The molecule has 1 aromatic heterocycles. The number of hydrogen-bond acceptors (Lipinski definition) is 4. The zero-order chi connectivity index (χ0) is 13.5. The van der Waals surface area contributed by atoms with E-state index >= 15 is 0 Å². The van der Waals surface area contributed by atoms with Crippen LogP contribution in [-0.2, 0) is 0 Å². The molecule has 0 unspecified atom stereocenters. The summed E-state index contributed by atoms with van der Waals surface area (Å²) in [5.74, 6) is 5.19. The Labute approximate surface area is 110 Å². The number of amides is 1. The second-order valence-electron chi connectivity index (χ2n) is 3.64. The summed E-state index contributed by atoms with van der Waals surface area (Å²) in [6, 6.07) is 11.0. The summed E-state index contributed by atoms with van der Waals surface area (Å²) in [6.45, 7) is -0.0646. The molecule has 0 bridgehead atoms. The zero-order valence-corrected chi connectivity index (χ0v) is 10.1. The van der Waals surface area contributed by atoms with Gasteiger partial charge in [0, 0.05) is 11.6 Å². The Kier molecular flexibility index (Phi) is 4.32. The highest BCUT2D eigenvalue weighted by atomic mass is 16.5. The summed E-state index contributed by atoms with van der Waals surface area (Å²) in [5, 5.41) is 14.7. The smallest absolute Gasteiger partial charge is 0.274 e. The molecule has 0 aliphatic carbocycles. The maximum absolute atomic E-state index is 11.7. The van der Waals surface area contributed by atoms with Crippen molar-refractivity contribution in [3.05, 3.63) is 42.1 Å². The van der Waals surface area contributed by atoms with Crippen molar-refractivity contribution >= 4 is 5.91 Å². The number of carbonyl (C=O) groups excluding carboxylic acids is 1. The van der Waals surface area contributed by atoms with Crippen LogP contribution in [0.5, 0.6) is 0 Å². The van der Waals surface area contributed by atoms with Gasteiger partial charge in [-0.2, -0.15) is 0 Å². The van der Waals surface area contributed by atoms with Gasteiger partial charge in [0.15, 0.2) is 11.5 Å². The van der Waals surface area contributed by atoms with Gasteiger partial charge in [0.2, 0.25) is 0 Å². The molecule has 5 heteroatoms. The Balaban J connectivity index is 2.03. The van der Waals surface area contributed by atoms with Crippen LogP contribution in [-0.4, -0.2) is 29.3 Å². The summed E-state index contributed by atoms with van der Waals surface area (Å²) in [4.78, 5) is 11.7. The minimum Gasteiger partial charge on any atom is -0.384 e. The van der Waals surface area contributed by atoms with Crippen molar-refractivity contribution < 1.29 is 14.4 Å². The van der Waals surface area contributed by atoms with Gasteiger partial charge in [-0.25, -0.2) is 0 Å². The van der Waals surface area contributed by atoms with E-state index in [0.717, 1.165) is 5.56 Å². The number of aromatic nitrogens is 1. The Hall–Kier alpha value is -2.58. The first kappa shape index (κ1) is 12.9. The van der Waals surface area contributed by atoms with Crippen LogP contribution in [0.1, 0.15) is 10.5 Å². The molecule has 0 fully saturated rings. The van der Waals surface area contributed by atoms with Crippen molar-refractivity contribution in [2.45, 2.75) is 0 Å². The van der Waals surface area contributed by atoms with Gasteiger partial charge in [-0.1, -0.05) is 47.3 Å². The van der Waals surface area contributed by atoms with Crippen LogP contribution in [0.15, 0.2) is 40.9 Å². The molecule has 19 heavy (non-hydrogen) atoms. The third-order valence-corrected chi connectivity index (χ3v) is 2.34. The molecule has 1 amide bonds. The van der Waals surface area contributed by atoms with Crippen LogP contribution in [0.4, 0.5) is 0 Å². The number of nitrogens with one attached hydrogen (secondary N) is 1. The van der Waals surface area contributed by atoms with Gasteiger partial charge >= 0.3 is 0 Å². The molecular weight excluding hydrogens is 244 g/mol. The second kappa shape index (κ2) is 6.38. The molecule has 0 spiro atoms. The van der Waals surface area contributed by atoms with E-state index in [0.29, 0.717) is 5.76 Å². The van der Waals surface area contributed by atoms with E-state index in [1.54, 1.807) is 6.07 Å². The molecular formula is C14H12N2O3. The van der Waals surface area contributed by atoms with Crippen molar-refractivity contribution in [2.24, 2.45) is 0 Å².